The summed E-state index contributed by atoms with van der Waals surface area (Å²) in [6, 6.07) is 0.260. The molecule has 12 nitrogen and oxygen atoms in total. The van der Waals surface area contributed by atoms with Crippen LogP contribution in [0.15, 0.2) is 18.3 Å². The second-order valence-corrected chi connectivity index (χ2v) is 11.7. The highest BCUT2D eigenvalue weighted by Gasteiger charge is 2.40. The molecule has 12 heteroatoms. The van der Waals surface area contributed by atoms with Crippen LogP contribution in [0.1, 0.15) is 57.4 Å². The first-order valence-corrected chi connectivity index (χ1v) is 14.1. The van der Waals surface area contributed by atoms with Crippen LogP contribution in [0.2, 0.25) is 0 Å². The van der Waals surface area contributed by atoms with Gasteiger partial charge >= 0.3 is 6.09 Å². The summed E-state index contributed by atoms with van der Waals surface area (Å²) < 4.78 is 1.77. The number of hydrogen-bond acceptors (Lipinski definition) is 8. The van der Waals surface area contributed by atoms with Gasteiger partial charge in [-0.3, -0.25) is 4.79 Å². The zero-order valence-corrected chi connectivity index (χ0v) is 23.4. The maximum absolute atomic E-state index is 12.7. The summed E-state index contributed by atoms with van der Waals surface area (Å²) in [4.78, 5) is 39.8. The number of anilines is 2. The van der Waals surface area contributed by atoms with Gasteiger partial charge in [-0.25, -0.2) is 4.79 Å². The van der Waals surface area contributed by atoms with Crippen molar-refractivity contribution in [3.8, 4) is 0 Å². The standard InChI is InChI=1S/C27H41N9O3/c1-17(2)21-15-28-36-24(21)31-25(29-19-7-8-19)32-26(36)30-20-10-13-35(27(38)39)22(14-20)18-9-12-34(16-18)23(37)6-5-11-33(3)4/h5-6,15,17-20,22H,7-14,16H2,1-4H3,(H,38,39)(H2,29,30,31,32)/b6-5+. The Bertz CT molecular complexity index is 1220. The third kappa shape index (κ3) is 6.26. The molecule has 0 radical (unpaired) electrons. The van der Waals surface area contributed by atoms with Gasteiger partial charge in [0.1, 0.15) is 0 Å². The monoisotopic (exact) mass is 539 g/mol. The molecule has 4 heterocycles. The highest BCUT2D eigenvalue weighted by atomic mass is 16.4. The lowest BCUT2D eigenvalue weighted by atomic mass is 9.87. The molecule has 2 saturated heterocycles. The zero-order chi connectivity index (χ0) is 27.7. The lowest BCUT2D eigenvalue weighted by molar-refractivity contribution is -0.125. The molecule has 0 spiro atoms. The molecule has 1 saturated carbocycles. The number of fused-ring (bicyclic) bond motifs is 1. The molecule has 3 N–H and O–H groups in total. The molecular weight excluding hydrogens is 498 g/mol. The van der Waals surface area contributed by atoms with E-state index in [1.165, 1.54) is 0 Å². The molecule has 3 fully saturated rings. The number of likely N-dealkylation sites (tertiary alicyclic amines) is 2. The van der Waals surface area contributed by atoms with Gasteiger partial charge in [0.2, 0.25) is 17.8 Å². The summed E-state index contributed by atoms with van der Waals surface area (Å²) >= 11 is 0. The van der Waals surface area contributed by atoms with Crippen molar-refractivity contribution in [2.75, 3.05) is 50.9 Å². The van der Waals surface area contributed by atoms with Gasteiger partial charge in [-0.15, -0.1) is 0 Å². The van der Waals surface area contributed by atoms with E-state index in [4.69, 9.17) is 9.97 Å². The Labute approximate surface area is 229 Å². The predicted octanol–water partition coefficient (Wildman–Crippen LogP) is 2.71. The second kappa shape index (κ2) is 11.4. The van der Waals surface area contributed by atoms with Crippen LogP contribution in [0.25, 0.3) is 5.65 Å². The molecule has 3 atom stereocenters. The topological polar surface area (TPSA) is 131 Å². The Morgan fingerprint density at radius 2 is 1.92 bits per heavy atom. The second-order valence-electron chi connectivity index (χ2n) is 11.7. The van der Waals surface area contributed by atoms with E-state index in [9.17, 15) is 14.7 Å². The SMILES string of the molecule is CC(C)c1cnn2c(NC3CCN(C(=O)O)C(C4CCN(C(=O)/C=C/CN(C)C)C4)C3)nc(NC3CC3)nc12. The van der Waals surface area contributed by atoms with E-state index < -0.39 is 6.09 Å². The molecule has 2 aromatic heterocycles. The van der Waals surface area contributed by atoms with Gasteiger partial charge < -0.3 is 30.4 Å². The summed E-state index contributed by atoms with van der Waals surface area (Å²) in [6.07, 6.45) is 8.80. The van der Waals surface area contributed by atoms with Gasteiger partial charge in [0.25, 0.3) is 0 Å². The van der Waals surface area contributed by atoms with Crippen molar-refractivity contribution in [1.82, 2.24) is 34.3 Å². The average Bonchev–Trinajstić information content (AvgIpc) is 3.37. The third-order valence-electron chi connectivity index (χ3n) is 7.96. The fourth-order valence-corrected chi connectivity index (χ4v) is 5.64. The Hall–Kier alpha value is -3.41. The Kier molecular flexibility index (Phi) is 7.92. The summed E-state index contributed by atoms with van der Waals surface area (Å²) in [5.41, 5.74) is 1.85. The molecule has 2 aliphatic heterocycles. The van der Waals surface area contributed by atoms with E-state index in [-0.39, 0.29) is 29.8 Å². The van der Waals surface area contributed by atoms with Crippen molar-refractivity contribution in [3.63, 3.8) is 0 Å². The van der Waals surface area contributed by atoms with Crippen LogP contribution in [-0.2, 0) is 4.79 Å². The number of aromatic nitrogens is 4. The van der Waals surface area contributed by atoms with E-state index in [2.05, 4.69) is 29.6 Å². The number of carbonyl (C=O) groups excluding carboxylic acids is 1. The molecule has 2 aromatic rings. The largest absolute Gasteiger partial charge is 0.465 e. The molecule has 5 rings (SSSR count). The number of nitrogens with zero attached hydrogens (tertiary/aromatic N) is 7. The Morgan fingerprint density at radius 1 is 1.13 bits per heavy atom. The molecule has 212 valence electrons. The first-order valence-electron chi connectivity index (χ1n) is 14.1. The third-order valence-corrected chi connectivity index (χ3v) is 7.96. The van der Waals surface area contributed by atoms with Crippen LogP contribution in [-0.4, -0.2) is 110 Å². The van der Waals surface area contributed by atoms with Gasteiger partial charge in [0.15, 0.2) is 5.65 Å². The number of likely N-dealkylation sites (N-methyl/N-ethyl adjacent to an activating group) is 1. The molecule has 3 unspecified atom stereocenters. The van der Waals surface area contributed by atoms with Gasteiger partial charge in [-0.1, -0.05) is 19.9 Å². The molecule has 3 aliphatic rings. The first kappa shape index (κ1) is 27.2. The van der Waals surface area contributed by atoms with Crippen LogP contribution in [0, 0.1) is 5.92 Å². The number of amides is 2. The van der Waals surface area contributed by atoms with E-state index in [1.54, 1.807) is 15.5 Å². The molecular formula is C27H41N9O3. The van der Waals surface area contributed by atoms with Gasteiger partial charge in [0.05, 0.1) is 6.20 Å². The van der Waals surface area contributed by atoms with Gasteiger partial charge in [-0.2, -0.15) is 19.6 Å². The van der Waals surface area contributed by atoms with Crippen molar-refractivity contribution in [3.05, 3.63) is 23.9 Å². The van der Waals surface area contributed by atoms with Gasteiger partial charge in [0, 0.05) is 55.9 Å². The van der Waals surface area contributed by atoms with E-state index in [1.807, 2.05) is 36.2 Å². The van der Waals surface area contributed by atoms with Crippen molar-refractivity contribution >= 4 is 29.5 Å². The Balaban J connectivity index is 1.32. The molecule has 0 bridgehead atoms. The maximum atomic E-state index is 12.7. The van der Waals surface area contributed by atoms with Crippen molar-refractivity contribution in [2.24, 2.45) is 5.92 Å². The predicted molar refractivity (Wildman–Crippen MR) is 149 cm³/mol. The summed E-state index contributed by atoms with van der Waals surface area (Å²) in [7, 11) is 3.92. The zero-order valence-electron chi connectivity index (χ0n) is 23.4. The molecule has 1 aliphatic carbocycles. The number of nitrogens with one attached hydrogen (secondary N) is 2. The highest BCUT2D eigenvalue weighted by molar-refractivity contribution is 5.87. The van der Waals surface area contributed by atoms with Crippen molar-refractivity contribution in [2.45, 2.75) is 70.0 Å². The minimum absolute atomic E-state index is 0.00887. The number of carbonyl (C=O) groups is 2. The first-order chi connectivity index (χ1) is 18.7. The normalized spacial score (nSPS) is 23.9. The van der Waals surface area contributed by atoms with Crippen molar-refractivity contribution in [1.29, 1.82) is 0 Å². The average molecular weight is 540 g/mol. The molecule has 39 heavy (non-hydrogen) atoms. The minimum Gasteiger partial charge on any atom is -0.465 e. The number of hydrogen-bond donors (Lipinski definition) is 3. The van der Waals surface area contributed by atoms with Crippen molar-refractivity contribution < 1.29 is 14.7 Å². The quantitative estimate of drug-likeness (QED) is 0.412. The number of carboxylic acid groups (broad SMARTS) is 1. The summed E-state index contributed by atoms with van der Waals surface area (Å²) in [5.74, 6) is 1.57. The summed E-state index contributed by atoms with van der Waals surface area (Å²) in [6.45, 7) is 6.60. The Morgan fingerprint density at radius 3 is 2.62 bits per heavy atom. The lowest BCUT2D eigenvalue weighted by Gasteiger charge is -2.41. The van der Waals surface area contributed by atoms with Crippen LogP contribution in [0.3, 0.4) is 0 Å². The lowest BCUT2D eigenvalue weighted by Crippen LogP contribution is -2.52. The molecule has 0 aromatic carbocycles. The molecule has 2 amide bonds. The highest BCUT2D eigenvalue weighted by Crippen LogP contribution is 2.32. The van der Waals surface area contributed by atoms with Crippen LogP contribution < -0.4 is 10.6 Å². The smallest absolute Gasteiger partial charge is 0.407 e. The van der Waals surface area contributed by atoms with Crippen LogP contribution in [0.5, 0.6) is 0 Å². The van der Waals surface area contributed by atoms with E-state index in [0.29, 0.717) is 57.0 Å². The minimum atomic E-state index is -0.900. The number of piperidine rings is 1. The maximum Gasteiger partial charge on any atom is 0.407 e. The van der Waals surface area contributed by atoms with Gasteiger partial charge in [-0.05, 0) is 58.0 Å². The van der Waals surface area contributed by atoms with Crippen LogP contribution in [0.4, 0.5) is 16.7 Å². The number of rotatable bonds is 9. The summed E-state index contributed by atoms with van der Waals surface area (Å²) in [5, 5.41) is 21.6. The van der Waals surface area contributed by atoms with E-state index >= 15 is 0 Å². The fourth-order valence-electron chi connectivity index (χ4n) is 5.64. The van der Waals surface area contributed by atoms with Crippen LogP contribution >= 0.6 is 0 Å². The van der Waals surface area contributed by atoms with E-state index in [0.717, 1.165) is 30.5 Å². The fraction of sp³-hybridized carbons (Fsp3) is 0.667.